The number of hydrogen-bond acceptors (Lipinski definition) is 5. The Bertz CT molecular complexity index is 509. The minimum Gasteiger partial charge on any atom is -0.397 e. The Kier molecular flexibility index (Phi) is 4.04. The minimum absolute atomic E-state index is 0.354. The molecule has 0 aliphatic carbocycles. The Hall–Kier alpha value is -0.975. The van der Waals surface area contributed by atoms with Gasteiger partial charge in [0, 0.05) is 12.4 Å². The molecule has 0 N–H and O–H groups in total. The smallest absolute Gasteiger partial charge is 0.397 e. The lowest BCUT2D eigenvalue weighted by atomic mass is 9.88. The third kappa shape index (κ3) is 2.92. The highest BCUT2D eigenvalue weighted by atomic mass is 16.7. The second-order valence-corrected chi connectivity index (χ2v) is 7.54. The van der Waals surface area contributed by atoms with Gasteiger partial charge in [0.2, 0.25) is 0 Å². The molecule has 0 bridgehead atoms. The fourth-order valence-corrected chi connectivity index (χ4v) is 2.97. The van der Waals surface area contributed by atoms with E-state index in [0.717, 1.165) is 13.1 Å². The maximum absolute atomic E-state index is 6.00. The van der Waals surface area contributed by atoms with Crippen molar-refractivity contribution in [2.45, 2.75) is 57.7 Å². The summed E-state index contributed by atoms with van der Waals surface area (Å²) in [5, 5.41) is 0. The first-order chi connectivity index (χ1) is 10.3. The van der Waals surface area contributed by atoms with Crippen LogP contribution in [0.15, 0.2) is 12.4 Å². The van der Waals surface area contributed by atoms with Crippen molar-refractivity contribution < 1.29 is 9.31 Å². The van der Waals surface area contributed by atoms with Crippen molar-refractivity contribution in [3.63, 3.8) is 0 Å². The predicted molar refractivity (Wildman–Crippen MR) is 87.2 cm³/mol. The molecule has 0 atom stereocenters. The summed E-state index contributed by atoms with van der Waals surface area (Å²) in [7, 11) is 1.70. The van der Waals surface area contributed by atoms with Crippen LogP contribution in [0.3, 0.4) is 0 Å². The van der Waals surface area contributed by atoms with Gasteiger partial charge in [-0.15, -0.1) is 0 Å². The number of rotatable bonds is 2. The van der Waals surface area contributed by atoms with Gasteiger partial charge >= 0.3 is 7.12 Å². The Morgan fingerprint density at radius 2 is 1.55 bits per heavy atom. The van der Waals surface area contributed by atoms with Gasteiger partial charge < -0.3 is 14.2 Å². The van der Waals surface area contributed by atoms with E-state index in [1.807, 2.05) is 40.1 Å². The number of piperidine rings is 1. The highest BCUT2D eigenvalue weighted by Crippen LogP contribution is 2.36. The molecule has 0 unspecified atom stereocenters. The van der Waals surface area contributed by atoms with E-state index < -0.39 is 7.12 Å². The van der Waals surface area contributed by atoms with E-state index in [1.165, 1.54) is 18.4 Å². The second-order valence-electron chi connectivity index (χ2n) is 7.54. The maximum Gasteiger partial charge on any atom is 0.534 e. The molecular formula is C16H26BN3O2. The standard InChI is InChI=1S/C16H26BN3O2/c1-15(2)16(3,4)22-17(21-15)14-18-10-13(11-19-14)12-6-8-20(5)9-7-12/h10-12H,6-9H2,1-5H3. The average molecular weight is 303 g/mol. The first-order valence-electron chi connectivity index (χ1n) is 8.14. The number of hydrogen-bond donors (Lipinski definition) is 0. The molecule has 1 aromatic heterocycles. The number of aromatic nitrogens is 2. The van der Waals surface area contributed by atoms with E-state index in [4.69, 9.17) is 9.31 Å². The highest BCUT2D eigenvalue weighted by Gasteiger charge is 2.53. The van der Waals surface area contributed by atoms with Crippen molar-refractivity contribution >= 4 is 12.8 Å². The monoisotopic (exact) mass is 303 g/mol. The number of nitrogens with zero attached hydrogens (tertiary/aromatic N) is 3. The zero-order chi connectivity index (χ0) is 16.0. The maximum atomic E-state index is 6.00. The molecule has 3 heterocycles. The van der Waals surface area contributed by atoms with Gasteiger partial charge in [-0.1, -0.05) is 0 Å². The zero-order valence-corrected chi connectivity index (χ0v) is 14.3. The SMILES string of the molecule is CN1CCC(c2cnc(B3OC(C)(C)C(C)(C)O3)nc2)CC1. The summed E-state index contributed by atoms with van der Waals surface area (Å²) in [6.07, 6.45) is 6.25. The topological polar surface area (TPSA) is 47.5 Å². The molecule has 6 heteroatoms. The van der Waals surface area contributed by atoms with Crippen LogP contribution in [0.4, 0.5) is 0 Å². The van der Waals surface area contributed by atoms with Crippen molar-refractivity contribution in [2.75, 3.05) is 20.1 Å². The van der Waals surface area contributed by atoms with Gasteiger partial charge in [-0.25, -0.2) is 9.97 Å². The van der Waals surface area contributed by atoms with Crippen LogP contribution in [0.1, 0.15) is 52.0 Å². The van der Waals surface area contributed by atoms with Gasteiger partial charge in [-0.3, -0.25) is 0 Å². The van der Waals surface area contributed by atoms with Crippen molar-refractivity contribution in [3.8, 4) is 0 Å². The normalized spacial score (nSPS) is 25.6. The van der Waals surface area contributed by atoms with Crippen molar-refractivity contribution in [3.05, 3.63) is 18.0 Å². The van der Waals surface area contributed by atoms with Crippen LogP contribution < -0.4 is 5.72 Å². The van der Waals surface area contributed by atoms with Crippen LogP contribution in [0.25, 0.3) is 0 Å². The van der Waals surface area contributed by atoms with Crippen LogP contribution in [0.5, 0.6) is 0 Å². The van der Waals surface area contributed by atoms with Crippen LogP contribution in [-0.4, -0.2) is 53.3 Å². The van der Waals surface area contributed by atoms with E-state index in [1.54, 1.807) is 0 Å². The quantitative estimate of drug-likeness (QED) is 0.777. The fourth-order valence-electron chi connectivity index (χ4n) is 2.97. The summed E-state index contributed by atoms with van der Waals surface area (Å²) in [6, 6.07) is 0. The molecule has 120 valence electrons. The average Bonchev–Trinajstić information content (AvgIpc) is 2.68. The molecule has 0 saturated carbocycles. The lowest BCUT2D eigenvalue weighted by Crippen LogP contribution is -2.41. The van der Waals surface area contributed by atoms with Gasteiger partial charge in [0.15, 0.2) is 5.72 Å². The first kappa shape index (κ1) is 15.9. The molecule has 5 nitrogen and oxygen atoms in total. The van der Waals surface area contributed by atoms with E-state index in [9.17, 15) is 0 Å². The zero-order valence-electron chi connectivity index (χ0n) is 14.3. The summed E-state index contributed by atoms with van der Waals surface area (Å²) in [5.74, 6) is 0.573. The molecule has 0 aromatic carbocycles. The summed E-state index contributed by atoms with van der Waals surface area (Å²) in [6.45, 7) is 10.5. The van der Waals surface area contributed by atoms with Crippen LogP contribution in [0.2, 0.25) is 0 Å². The van der Waals surface area contributed by atoms with Crippen LogP contribution in [-0.2, 0) is 9.31 Å². The number of likely N-dealkylation sites (tertiary alicyclic amines) is 1. The molecule has 0 amide bonds. The molecule has 1 aromatic rings. The third-order valence-electron chi connectivity index (χ3n) is 5.35. The Balaban J connectivity index is 1.70. The molecular weight excluding hydrogens is 277 g/mol. The summed E-state index contributed by atoms with van der Waals surface area (Å²) in [5.41, 5.74) is 1.14. The second kappa shape index (κ2) is 5.58. The Labute approximate surface area is 133 Å². The summed E-state index contributed by atoms with van der Waals surface area (Å²) >= 11 is 0. The molecule has 2 fully saturated rings. The van der Waals surface area contributed by atoms with Crippen molar-refractivity contribution in [1.82, 2.24) is 14.9 Å². The Morgan fingerprint density at radius 1 is 1.05 bits per heavy atom. The third-order valence-corrected chi connectivity index (χ3v) is 5.35. The largest absolute Gasteiger partial charge is 0.534 e. The van der Waals surface area contributed by atoms with Crippen molar-refractivity contribution in [1.29, 1.82) is 0 Å². The lowest BCUT2D eigenvalue weighted by Gasteiger charge is -2.32. The summed E-state index contributed by atoms with van der Waals surface area (Å²) in [4.78, 5) is 11.4. The van der Waals surface area contributed by atoms with Gasteiger partial charge in [0.25, 0.3) is 0 Å². The van der Waals surface area contributed by atoms with Crippen molar-refractivity contribution in [2.24, 2.45) is 0 Å². The van der Waals surface area contributed by atoms with Crippen LogP contribution in [0, 0.1) is 0 Å². The van der Waals surface area contributed by atoms with Gasteiger partial charge in [0.1, 0.15) is 0 Å². The molecule has 2 aliphatic rings. The van der Waals surface area contributed by atoms with E-state index in [2.05, 4.69) is 21.9 Å². The van der Waals surface area contributed by atoms with Crippen LogP contribution >= 0.6 is 0 Å². The molecule has 2 aliphatic heterocycles. The molecule has 0 spiro atoms. The summed E-state index contributed by atoms with van der Waals surface area (Å²) < 4.78 is 12.0. The van der Waals surface area contributed by atoms with Gasteiger partial charge in [-0.2, -0.15) is 0 Å². The molecule has 2 saturated heterocycles. The minimum atomic E-state index is -0.475. The highest BCUT2D eigenvalue weighted by molar-refractivity contribution is 6.60. The van der Waals surface area contributed by atoms with Gasteiger partial charge in [0.05, 0.1) is 11.2 Å². The van der Waals surface area contributed by atoms with E-state index >= 15 is 0 Å². The first-order valence-corrected chi connectivity index (χ1v) is 8.14. The van der Waals surface area contributed by atoms with E-state index in [-0.39, 0.29) is 11.2 Å². The fraction of sp³-hybridized carbons (Fsp3) is 0.750. The molecule has 0 radical (unpaired) electrons. The van der Waals surface area contributed by atoms with E-state index in [0.29, 0.717) is 11.6 Å². The predicted octanol–water partition coefficient (Wildman–Crippen LogP) is 1.58. The molecule has 3 rings (SSSR count). The molecule has 22 heavy (non-hydrogen) atoms. The lowest BCUT2D eigenvalue weighted by molar-refractivity contribution is 0.00578. The Morgan fingerprint density at radius 3 is 2.05 bits per heavy atom. The van der Waals surface area contributed by atoms with Gasteiger partial charge in [-0.05, 0) is 72.2 Å².